The number of alkyl halides is 1. The summed E-state index contributed by atoms with van der Waals surface area (Å²) in [5.41, 5.74) is 0.657. The second-order valence-electron chi connectivity index (χ2n) is 1.37. The zero-order chi connectivity index (χ0) is 7.28. The Morgan fingerprint density at radius 3 is 2.33 bits per heavy atom. The first-order chi connectivity index (χ1) is 4.30. The van der Waals surface area contributed by atoms with Gasteiger partial charge in [0.25, 0.3) is 0 Å². The zero-order valence-electron chi connectivity index (χ0n) is 5.35. The Morgan fingerprint density at radius 1 is 1.67 bits per heavy atom. The van der Waals surface area contributed by atoms with E-state index in [0.29, 0.717) is 11.5 Å². The molecule has 0 aromatic heterocycles. The fraction of sp³-hybridized carbons (Fsp3) is 0.600. The molecule has 9 heavy (non-hydrogen) atoms. The van der Waals surface area contributed by atoms with Crippen LogP contribution in [0.4, 0.5) is 0 Å². The third kappa shape index (κ3) is 2.87. The minimum absolute atomic E-state index is 0.171. The van der Waals surface area contributed by atoms with Gasteiger partial charge in [-0.25, -0.2) is 4.40 Å². The molecular weight excluding hydrogens is 158 g/mol. The van der Waals surface area contributed by atoms with Crippen molar-refractivity contribution in [2.24, 2.45) is 4.40 Å². The van der Waals surface area contributed by atoms with Crippen LogP contribution in [-0.4, -0.2) is 23.6 Å². The van der Waals surface area contributed by atoms with Crippen LogP contribution in [0.2, 0.25) is 0 Å². The molecule has 0 bridgehead atoms. The Bertz CT molecular complexity index is 135. The minimum Gasteiger partial charge on any atom is -0.292 e. The Morgan fingerprint density at radius 2 is 2.22 bits per heavy atom. The lowest BCUT2D eigenvalue weighted by atomic mass is 10.3. The highest BCUT2D eigenvalue weighted by atomic mass is 35.5. The quantitative estimate of drug-likeness (QED) is 0.403. The van der Waals surface area contributed by atoms with Crippen LogP contribution in [0.15, 0.2) is 4.40 Å². The van der Waals surface area contributed by atoms with Crippen LogP contribution in [-0.2, 0) is 4.79 Å². The summed E-state index contributed by atoms with van der Waals surface area (Å²) in [6.07, 6.45) is 1.47. The molecule has 1 heterocycles. The second-order valence-corrected chi connectivity index (χ2v) is 2.10. The highest BCUT2D eigenvalue weighted by Crippen LogP contribution is 2.10. The van der Waals surface area contributed by atoms with Crippen LogP contribution in [0.1, 0.15) is 6.92 Å². The van der Waals surface area contributed by atoms with E-state index in [-0.39, 0.29) is 5.78 Å². The Balaban J connectivity index is 0.000000291. The SMILES string of the molecule is CC1=NSCC1=O.CCl. The van der Waals surface area contributed by atoms with E-state index < -0.39 is 0 Å². The topological polar surface area (TPSA) is 29.4 Å². The van der Waals surface area contributed by atoms with Crippen LogP contribution in [0.25, 0.3) is 0 Å². The van der Waals surface area contributed by atoms with Gasteiger partial charge in [-0.2, -0.15) is 0 Å². The molecule has 0 spiro atoms. The van der Waals surface area contributed by atoms with Gasteiger partial charge >= 0.3 is 0 Å². The van der Waals surface area contributed by atoms with Crippen molar-refractivity contribution < 1.29 is 4.79 Å². The fourth-order valence-corrected chi connectivity index (χ4v) is 1.03. The number of carbonyl (C=O) groups excluding carboxylic acids is 1. The molecule has 0 N–H and O–H groups in total. The van der Waals surface area contributed by atoms with E-state index in [1.807, 2.05) is 0 Å². The van der Waals surface area contributed by atoms with Crippen molar-refractivity contribution in [1.82, 2.24) is 0 Å². The number of halogens is 1. The molecule has 0 amide bonds. The van der Waals surface area contributed by atoms with Crippen molar-refractivity contribution in [3.63, 3.8) is 0 Å². The highest BCUT2D eigenvalue weighted by molar-refractivity contribution is 7.99. The van der Waals surface area contributed by atoms with Gasteiger partial charge in [-0.05, 0) is 18.9 Å². The first kappa shape index (κ1) is 8.98. The van der Waals surface area contributed by atoms with E-state index >= 15 is 0 Å². The highest BCUT2D eigenvalue weighted by Gasteiger charge is 2.11. The molecule has 0 radical (unpaired) electrons. The summed E-state index contributed by atoms with van der Waals surface area (Å²) >= 11 is 5.97. The van der Waals surface area contributed by atoms with Gasteiger partial charge < -0.3 is 0 Å². The van der Waals surface area contributed by atoms with Crippen LogP contribution in [0, 0.1) is 0 Å². The van der Waals surface area contributed by atoms with Gasteiger partial charge in [-0.3, -0.25) is 4.79 Å². The number of rotatable bonds is 0. The van der Waals surface area contributed by atoms with Crippen molar-refractivity contribution in [2.75, 3.05) is 12.1 Å². The van der Waals surface area contributed by atoms with Gasteiger partial charge in [0.1, 0.15) is 0 Å². The summed E-state index contributed by atoms with van der Waals surface area (Å²) in [6, 6.07) is 0. The molecule has 0 saturated carbocycles. The van der Waals surface area contributed by atoms with Crippen LogP contribution < -0.4 is 0 Å². The Kier molecular flexibility index (Phi) is 4.81. The average Bonchev–Trinajstić information content (AvgIpc) is 2.23. The van der Waals surface area contributed by atoms with Gasteiger partial charge in [0.2, 0.25) is 0 Å². The van der Waals surface area contributed by atoms with Crippen molar-refractivity contribution >= 4 is 35.0 Å². The normalized spacial score (nSPS) is 16.3. The maximum Gasteiger partial charge on any atom is 0.189 e. The molecule has 0 aromatic carbocycles. The summed E-state index contributed by atoms with van der Waals surface area (Å²) in [5.74, 6) is 0.719. The van der Waals surface area contributed by atoms with E-state index in [9.17, 15) is 4.79 Å². The van der Waals surface area contributed by atoms with Crippen LogP contribution in [0.3, 0.4) is 0 Å². The van der Waals surface area contributed by atoms with E-state index in [2.05, 4.69) is 16.0 Å². The molecule has 1 aliphatic rings. The van der Waals surface area contributed by atoms with Gasteiger partial charge in [0.15, 0.2) is 5.78 Å². The first-order valence-corrected chi connectivity index (χ1v) is 4.08. The third-order valence-corrected chi connectivity index (χ3v) is 1.59. The van der Waals surface area contributed by atoms with Crippen molar-refractivity contribution in [2.45, 2.75) is 6.92 Å². The average molecular weight is 166 g/mol. The van der Waals surface area contributed by atoms with E-state index in [1.165, 1.54) is 18.3 Å². The molecule has 1 aliphatic heterocycles. The summed E-state index contributed by atoms with van der Waals surface area (Å²) in [6.45, 7) is 1.74. The summed E-state index contributed by atoms with van der Waals surface area (Å²) < 4.78 is 3.80. The van der Waals surface area contributed by atoms with Crippen molar-refractivity contribution in [1.29, 1.82) is 0 Å². The smallest absolute Gasteiger partial charge is 0.189 e. The van der Waals surface area contributed by atoms with Gasteiger partial charge in [-0.1, -0.05) is 0 Å². The Hall–Kier alpha value is -0.0200. The van der Waals surface area contributed by atoms with Gasteiger partial charge in [0.05, 0.1) is 11.5 Å². The molecule has 1 rings (SSSR count). The molecule has 0 fully saturated rings. The molecule has 2 nitrogen and oxygen atoms in total. The van der Waals surface area contributed by atoms with E-state index in [0.717, 1.165) is 0 Å². The summed E-state index contributed by atoms with van der Waals surface area (Å²) in [5, 5.41) is 0. The zero-order valence-corrected chi connectivity index (χ0v) is 6.92. The van der Waals surface area contributed by atoms with Crippen molar-refractivity contribution in [3.8, 4) is 0 Å². The van der Waals surface area contributed by atoms with Crippen LogP contribution >= 0.6 is 23.5 Å². The predicted octanol–water partition coefficient (Wildman–Crippen LogP) is 1.53. The lowest BCUT2D eigenvalue weighted by Crippen LogP contribution is -2.04. The monoisotopic (exact) mass is 165 g/mol. The molecule has 0 aromatic rings. The number of nitrogens with zero attached hydrogens (tertiary/aromatic N) is 1. The maximum absolute atomic E-state index is 10.4. The number of Topliss-reactive ketones (excluding diaryl/α,β-unsaturated/α-hetero) is 1. The minimum atomic E-state index is 0.171. The number of ketones is 1. The Labute approximate surface area is 63.8 Å². The summed E-state index contributed by atoms with van der Waals surface area (Å²) in [7, 11) is 0. The molecule has 4 heteroatoms. The number of carbonyl (C=O) groups is 1. The molecule has 0 saturated heterocycles. The molecular formula is C5H8ClNOS. The van der Waals surface area contributed by atoms with Crippen molar-refractivity contribution in [3.05, 3.63) is 0 Å². The fourth-order valence-electron chi connectivity index (χ4n) is 0.343. The molecule has 0 aliphatic carbocycles. The van der Waals surface area contributed by atoms with E-state index in [1.54, 1.807) is 6.92 Å². The first-order valence-electron chi connectivity index (χ1n) is 2.38. The number of hydrogen-bond acceptors (Lipinski definition) is 3. The van der Waals surface area contributed by atoms with Gasteiger partial charge in [0, 0.05) is 6.38 Å². The lowest BCUT2D eigenvalue weighted by molar-refractivity contribution is -0.110. The second kappa shape index (κ2) is 4.82. The standard InChI is InChI=1S/C4H5NOS.CH3Cl/c1-3-4(6)2-7-5-3;1-2/h2H2,1H3;1H3. The molecule has 52 valence electrons. The molecule has 0 unspecified atom stereocenters. The largest absolute Gasteiger partial charge is 0.292 e. The van der Waals surface area contributed by atoms with Gasteiger partial charge in [-0.15, -0.1) is 11.6 Å². The number of hydrogen-bond donors (Lipinski definition) is 0. The maximum atomic E-state index is 10.4. The van der Waals surface area contributed by atoms with E-state index in [4.69, 9.17) is 0 Å². The lowest BCUT2D eigenvalue weighted by Gasteiger charge is -1.76. The summed E-state index contributed by atoms with van der Waals surface area (Å²) in [4.78, 5) is 10.4. The molecule has 0 atom stereocenters. The predicted molar refractivity (Wildman–Crippen MR) is 42.4 cm³/mol. The third-order valence-electron chi connectivity index (χ3n) is 0.801. The van der Waals surface area contributed by atoms with Crippen LogP contribution in [0.5, 0.6) is 0 Å².